The molecule has 3 heteroatoms. The van der Waals surface area contributed by atoms with Gasteiger partial charge in [-0.15, -0.1) is 0 Å². The second-order valence-corrected chi connectivity index (χ2v) is 7.39. The molecule has 0 aromatic heterocycles. The van der Waals surface area contributed by atoms with Crippen LogP contribution in [0.15, 0.2) is 0 Å². The van der Waals surface area contributed by atoms with Crippen LogP contribution in [0.5, 0.6) is 0 Å². The number of halogens is 1. The van der Waals surface area contributed by atoms with Gasteiger partial charge in [-0.3, -0.25) is 0 Å². The normalized spacial score (nSPS) is 35.6. The first-order valence-corrected chi connectivity index (χ1v) is 8.08. The van der Waals surface area contributed by atoms with Crippen molar-refractivity contribution < 1.29 is 5.11 Å². The van der Waals surface area contributed by atoms with Crippen molar-refractivity contribution in [2.24, 2.45) is 11.3 Å². The van der Waals surface area contributed by atoms with Crippen LogP contribution in [-0.4, -0.2) is 40.6 Å². The molecule has 1 saturated carbocycles. The molecule has 0 aromatic rings. The molecule has 2 nitrogen and oxygen atoms in total. The summed E-state index contributed by atoms with van der Waals surface area (Å²) in [6, 6.07) is 0. The summed E-state index contributed by atoms with van der Waals surface area (Å²) in [5.41, 5.74) is 0.0113. The Hall–Kier alpha value is 0.400. The average Bonchev–Trinajstić information content (AvgIpc) is 2.29. The zero-order valence-electron chi connectivity index (χ0n) is 11.2. The number of hydrogen-bond acceptors (Lipinski definition) is 2. The Balaban J connectivity index is 1.93. The lowest BCUT2D eigenvalue weighted by Crippen LogP contribution is -2.54. The fourth-order valence-electron chi connectivity index (χ4n) is 3.43. The molecule has 2 unspecified atom stereocenters. The molecule has 2 fully saturated rings. The first-order chi connectivity index (χ1) is 7.95. The highest BCUT2D eigenvalue weighted by Crippen LogP contribution is 2.40. The molecule has 0 spiro atoms. The Kier molecular flexibility index (Phi) is 4.21. The number of alkyl halides is 1. The van der Waals surface area contributed by atoms with E-state index < -0.39 is 0 Å². The van der Waals surface area contributed by atoms with Crippen LogP contribution >= 0.6 is 15.9 Å². The Morgan fingerprint density at radius 3 is 2.82 bits per heavy atom. The number of likely N-dealkylation sites (tertiary alicyclic amines) is 1. The molecule has 1 heterocycles. The second-order valence-electron chi connectivity index (χ2n) is 6.83. The van der Waals surface area contributed by atoms with E-state index in [-0.39, 0.29) is 5.60 Å². The maximum Gasteiger partial charge on any atom is 0.0700 e. The number of rotatable bonds is 3. The third-order valence-corrected chi connectivity index (χ3v) is 6.04. The molecule has 1 aliphatic carbocycles. The van der Waals surface area contributed by atoms with Crippen molar-refractivity contribution in [3.05, 3.63) is 0 Å². The molecular formula is C14H26BrNO. The monoisotopic (exact) mass is 303 g/mol. The van der Waals surface area contributed by atoms with Crippen molar-refractivity contribution in [3.8, 4) is 0 Å². The van der Waals surface area contributed by atoms with Crippen LogP contribution < -0.4 is 0 Å². The minimum atomic E-state index is -0.326. The summed E-state index contributed by atoms with van der Waals surface area (Å²) >= 11 is 3.60. The standard InChI is InChI=1S/C14H26BrNO/c1-13(2,10-15)11-16-8-7-14(17)6-4-3-5-12(14)9-16/h12,17H,3-11H2,1-2H3. The Morgan fingerprint density at radius 2 is 2.12 bits per heavy atom. The quantitative estimate of drug-likeness (QED) is 0.810. The molecule has 0 aromatic carbocycles. The van der Waals surface area contributed by atoms with Crippen molar-refractivity contribution in [1.82, 2.24) is 4.90 Å². The van der Waals surface area contributed by atoms with Crippen LogP contribution in [0.4, 0.5) is 0 Å². The zero-order valence-corrected chi connectivity index (χ0v) is 12.8. The van der Waals surface area contributed by atoms with E-state index in [0.29, 0.717) is 11.3 Å². The van der Waals surface area contributed by atoms with Gasteiger partial charge in [0.25, 0.3) is 0 Å². The van der Waals surface area contributed by atoms with Crippen LogP contribution in [0.1, 0.15) is 46.0 Å². The van der Waals surface area contributed by atoms with E-state index in [0.717, 1.165) is 37.8 Å². The van der Waals surface area contributed by atoms with Gasteiger partial charge in [0.05, 0.1) is 5.60 Å². The minimum Gasteiger partial charge on any atom is -0.390 e. The summed E-state index contributed by atoms with van der Waals surface area (Å²) in [4.78, 5) is 2.56. The lowest BCUT2D eigenvalue weighted by Gasteiger charge is -2.48. The third kappa shape index (κ3) is 3.24. The highest BCUT2D eigenvalue weighted by Gasteiger charge is 2.43. The number of hydrogen-bond donors (Lipinski definition) is 1. The van der Waals surface area contributed by atoms with Gasteiger partial charge in [0.1, 0.15) is 0 Å². The van der Waals surface area contributed by atoms with Crippen molar-refractivity contribution in [1.29, 1.82) is 0 Å². The van der Waals surface area contributed by atoms with Gasteiger partial charge in [-0.05, 0) is 24.7 Å². The van der Waals surface area contributed by atoms with Gasteiger partial charge in [-0.25, -0.2) is 0 Å². The molecule has 0 radical (unpaired) electrons. The average molecular weight is 304 g/mol. The van der Waals surface area contributed by atoms with Crippen LogP contribution in [-0.2, 0) is 0 Å². The van der Waals surface area contributed by atoms with Crippen LogP contribution in [0.3, 0.4) is 0 Å². The highest BCUT2D eigenvalue weighted by molar-refractivity contribution is 9.09. The molecule has 2 atom stereocenters. The first-order valence-electron chi connectivity index (χ1n) is 6.96. The summed E-state index contributed by atoms with van der Waals surface area (Å²) < 4.78 is 0. The van der Waals surface area contributed by atoms with E-state index in [9.17, 15) is 5.11 Å². The number of aliphatic hydroxyl groups is 1. The van der Waals surface area contributed by atoms with Crippen molar-refractivity contribution in [2.45, 2.75) is 51.6 Å². The Bertz CT molecular complexity index is 269. The smallest absolute Gasteiger partial charge is 0.0700 e. The van der Waals surface area contributed by atoms with Gasteiger partial charge in [0, 0.05) is 30.9 Å². The summed E-state index contributed by atoms with van der Waals surface area (Å²) in [5.74, 6) is 0.524. The van der Waals surface area contributed by atoms with Gasteiger partial charge in [0.2, 0.25) is 0 Å². The largest absolute Gasteiger partial charge is 0.390 e. The molecule has 0 amide bonds. The maximum absolute atomic E-state index is 10.6. The summed E-state index contributed by atoms with van der Waals surface area (Å²) in [6.45, 7) is 7.94. The van der Waals surface area contributed by atoms with Gasteiger partial charge in [0.15, 0.2) is 0 Å². The fraction of sp³-hybridized carbons (Fsp3) is 1.00. The van der Waals surface area contributed by atoms with E-state index in [4.69, 9.17) is 0 Å². The van der Waals surface area contributed by atoms with Gasteiger partial charge in [-0.2, -0.15) is 0 Å². The van der Waals surface area contributed by atoms with Crippen LogP contribution in [0.2, 0.25) is 0 Å². The lowest BCUT2D eigenvalue weighted by atomic mass is 9.71. The predicted octanol–water partition coefficient (Wildman–Crippen LogP) is 3.03. The van der Waals surface area contributed by atoms with E-state index in [1.807, 2.05) is 0 Å². The van der Waals surface area contributed by atoms with E-state index in [1.165, 1.54) is 19.3 Å². The van der Waals surface area contributed by atoms with Gasteiger partial charge in [-0.1, -0.05) is 42.6 Å². The molecule has 1 saturated heterocycles. The molecule has 17 heavy (non-hydrogen) atoms. The summed E-state index contributed by atoms with van der Waals surface area (Å²) in [6.07, 6.45) is 5.77. The van der Waals surface area contributed by atoms with E-state index in [2.05, 4.69) is 34.7 Å². The fourth-order valence-corrected chi connectivity index (χ4v) is 3.61. The predicted molar refractivity (Wildman–Crippen MR) is 75.5 cm³/mol. The number of nitrogens with zero attached hydrogens (tertiary/aromatic N) is 1. The first kappa shape index (κ1) is 13.8. The summed E-state index contributed by atoms with van der Waals surface area (Å²) in [7, 11) is 0. The summed E-state index contributed by atoms with van der Waals surface area (Å²) in [5, 5.41) is 11.7. The van der Waals surface area contributed by atoms with Gasteiger partial charge < -0.3 is 10.0 Å². The van der Waals surface area contributed by atoms with Crippen molar-refractivity contribution in [2.75, 3.05) is 25.0 Å². The van der Waals surface area contributed by atoms with Gasteiger partial charge >= 0.3 is 0 Å². The minimum absolute atomic E-state index is 0.326. The van der Waals surface area contributed by atoms with E-state index >= 15 is 0 Å². The molecule has 1 aliphatic heterocycles. The number of fused-ring (bicyclic) bond motifs is 1. The lowest BCUT2D eigenvalue weighted by molar-refractivity contribution is -0.0988. The molecule has 2 aliphatic rings. The van der Waals surface area contributed by atoms with Crippen molar-refractivity contribution >= 4 is 15.9 Å². The third-order valence-electron chi connectivity index (χ3n) is 4.53. The number of piperidine rings is 1. The Morgan fingerprint density at radius 1 is 1.35 bits per heavy atom. The molecule has 2 rings (SSSR count). The topological polar surface area (TPSA) is 23.5 Å². The van der Waals surface area contributed by atoms with Crippen LogP contribution in [0, 0.1) is 11.3 Å². The maximum atomic E-state index is 10.6. The molecule has 100 valence electrons. The second kappa shape index (κ2) is 5.18. The molecule has 1 N–H and O–H groups in total. The SMILES string of the molecule is CC(C)(CBr)CN1CCC2(O)CCCCC2C1. The molecule has 0 bridgehead atoms. The Labute approximate surface area is 114 Å². The van der Waals surface area contributed by atoms with Crippen LogP contribution in [0.25, 0.3) is 0 Å². The zero-order chi connectivity index (χ0) is 12.5. The van der Waals surface area contributed by atoms with Crippen molar-refractivity contribution in [3.63, 3.8) is 0 Å². The highest BCUT2D eigenvalue weighted by atomic mass is 79.9. The molecular weight excluding hydrogens is 278 g/mol. The van der Waals surface area contributed by atoms with E-state index in [1.54, 1.807) is 0 Å².